The fourth-order valence-electron chi connectivity index (χ4n) is 4.21. The zero-order chi connectivity index (χ0) is 20.1. The lowest BCUT2D eigenvalue weighted by Gasteiger charge is -2.34. The van der Waals surface area contributed by atoms with E-state index in [4.69, 9.17) is 14.5 Å². The molecule has 5 heterocycles. The second kappa shape index (κ2) is 7.02. The third kappa shape index (κ3) is 3.09. The van der Waals surface area contributed by atoms with Gasteiger partial charge in [0.2, 0.25) is 12.7 Å². The molecule has 1 aromatic carbocycles. The van der Waals surface area contributed by atoms with Gasteiger partial charge in [0.05, 0.1) is 5.69 Å². The molecule has 0 saturated carbocycles. The number of nitrogens with zero attached hydrogens (tertiary/aromatic N) is 5. The molecule has 0 amide bonds. The third-order valence-electron chi connectivity index (χ3n) is 5.79. The molecule has 0 aliphatic carbocycles. The summed E-state index contributed by atoms with van der Waals surface area (Å²) in [7, 11) is 0. The fourth-order valence-corrected chi connectivity index (χ4v) is 4.97. The minimum atomic E-state index is 0.220. The molecule has 3 aromatic rings. The summed E-state index contributed by atoms with van der Waals surface area (Å²) in [4.78, 5) is 7.13. The molecule has 3 aliphatic rings. The van der Waals surface area contributed by atoms with Crippen LogP contribution in [0.1, 0.15) is 35.8 Å². The molecular formula is C21H22N6O2S. The maximum Gasteiger partial charge on any atom is 0.246 e. The van der Waals surface area contributed by atoms with Gasteiger partial charge in [-0.1, -0.05) is 6.07 Å². The largest absolute Gasteiger partial charge is 0.454 e. The Hall–Kier alpha value is -3.07. The zero-order valence-electron chi connectivity index (χ0n) is 16.7. The third-order valence-corrected chi connectivity index (χ3v) is 6.74. The molecule has 154 valence electrons. The maximum atomic E-state index is 5.56. The van der Waals surface area contributed by atoms with E-state index in [-0.39, 0.29) is 5.92 Å². The van der Waals surface area contributed by atoms with Crippen LogP contribution < -0.4 is 19.7 Å². The van der Waals surface area contributed by atoms with Crippen LogP contribution >= 0.6 is 11.5 Å². The van der Waals surface area contributed by atoms with Gasteiger partial charge in [0.15, 0.2) is 11.5 Å². The number of aromatic nitrogens is 4. The lowest BCUT2D eigenvalue weighted by atomic mass is 9.91. The Balaban J connectivity index is 1.16. The normalized spacial score (nSPS) is 19.4. The van der Waals surface area contributed by atoms with Crippen molar-refractivity contribution in [2.24, 2.45) is 0 Å². The van der Waals surface area contributed by atoms with E-state index in [1.165, 1.54) is 16.1 Å². The second-order valence-electron chi connectivity index (χ2n) is 7.93. The van der Waals surface area contributed by atoms with E-state index in [0.29, 0.717) is 12.7 Å². The molecule has 1 saturated heterocycles. The second-order valence-corrected chi connectivity index (χ2v) is 8.72. The molecule has 30 heavy (non-hydrogen) atoms. The molecular weight excluding hydrogens is 400 g/mol. The standard InChI is InChI=1S/C21H22N6O2S/c1-13-7-19(30-25-13)26-10-14(11-26)9-22-21-23-20-16(3-2-6-27(20)24-21)15-4-5-17-18(8-15)29-12-28-17/h4-5,7-9,16H,2-3,6,10-12H2,1H3,(H,22,24). The fraction of sp³-hybridized carbons (Fsp3) is 0.381. The highest BCUT2D eigenvalue weighted by Gasteiger charge is 2.28. The van der Waals surface area contributed by atoms with Crippen molar-refractivity contribution in [3.8, 4) is 11.5 Å². The first-order valence-corrected chi connectivity index (χ1v) is 11.0. The van der Waals surface area contributed by atoms with Crippen LogP contribution in [0.4, 0.5) is 10.9 Å². The molecule has 3 aliphatic heterocycles. The molecule has 0 spiro atoms. The Morgan fingerprint density at radius 2 is 2.10 bits per heavy atom. The van der Waals surface area contributed by atoms with Crippen molar-refractivity contribution in [2.45, 2.75) is 32.2 Å². The van der Waals surface area contributed by atoms with E-state index in [1.54, 1.807) is 11.5 Å². The Kier molecular flexibility index (Phi) is 4.15. The average Bonchev–Trinajstić information content (AvgIpc) is 3.44. The average molecular weight is 423 g/mol. The maximum absolute atomic E-state index is 5.56. The van der Waals surface area contributed by atoms with Crippen LogP contribution in [0.5, 0.6) is 11.5 Å². The molecule has 8 nitrogen and oxygen atoms in total. The van der Waals surface area contributed by atoms with E-state index in [1.807, 2.05) is 23.9 Å². The topological polar surface area (TPSA) is 77.3 Å². The highest BCUT2D eigenvalue weighted by molar-refractivity contribution is 7.10. The first-order valence-electron chi connectivity index (χ1n) is 10.2. The molecule has 9 heteroatoms. The van der Waals surface area contributed by atoms with Crippen LogP contribution in [-0.4, -0.2) is 39.0 Å². The number of hydrogen-bond donors (Lipinski definition) is 1. The summed E-state index contributed by atoms with van der Waals surface area (Å²) in [5.74, 6) is 3.53. The van der Waals surface area contributed by atoms with Crippen molar-refractivity contribution >= 4 is 22.5 Å². The molecule has 0 bridgehead atoms. The number of rotatable bonds is 4. The van der Waals surface area contributed by atoms with Gasteiger partial charge in [-0.2, -0.15) is 9.36 Å². The summed E-state index contributed by atoms with van der Waals surface area (Å²) < 4.78 is 17.4. The molecule has 2 aromatic heterocycles. The quantitative estimate of drug-likeness (QED) is 0.689. The summed E-state index contributed by atoms with van der Waals surface area (Å²) >= 11 is 1.56. The van der Waals surface area contributed by atoms with Crippen molar-refractivity contribution < 1.29 is 9.47 Å². The summed E-state index contributed by atoms with van der Waals surface area (Å²) in [6, 6.07) is 8.32. The first kappa shape index (κ1) is 17.8. The van der Waals surface area contributed by atoms with Gasteiger partial charge in [0.25, 0.3) is 0 Å². The van der Waals surface area contributed by atoms with Gasteiger partial charge in [0.1, 0.15) is 10.8 Å². The van der Waals surface area contributed by atoms with E-state index >= 15 is 0 Å². The number of aryl methyl sites for hydroxylation is 2. The van der Waals surface area contributed by atoms with Gasteiger partial charge in [0, 0.05) is 31.8 Å². The monoisotopic (exact) mass is 422 g/mol. The van der Waals surface area contributed by atoms with E-state index in [2.05, 4.69) is 37.9 Å². The summed E-state index contributed by atoms with van der Waals surface area (Å²) in [6.07, 6.45) is 4.18. The lowest BCUT2D eigenvalue weighted by Crippen LogP contribution is -2.39. The highest BCUT2D eigenvalue weighted by atomic mass is 32.1. The van der Waals surface area contributed by atoms with Gasteiger partial charge in [-0.05, 0) is 60.6 Å². The summed E-state index contributed by atoms with van der Waals surface area (Å²) in [5.41, 5.74) is 3.61. The van der Waals surface area contributed by atoms with Crippen LogP contribution in [0.2, 0.25) is 0 Å². The van der Waals surface area contributed by atoms with Gasteiger partial charge in [-0.25, -0.2) is 4.68 Å². The van der Waals surface area contributed by atoms with Crippen molar-refractivity contribution in [3.63, 3.8) is 0 Å². The van der Waals surface area contributed by atoms with Gasteiger partial charge >= 0.3 is 0 Å². The Morgan fingerprint density at radius 1 is 1.20 bits per heavy atom. The number of hydrogen-bond acceptors (Lipinski definition) is 8. The van der Waals surface area contributed by atoms with Crippen LogP contribution in [0, 0.1) is 6.92 Å². The van der Waals surface area contributed by atoms with Gasteiger partial charge in [-0.15, -0.1) is 5.10 Å². The van der Waals surface area contributed by atoms with Crippen LogP contribution in [0.15, 0.2) is 36.0 Å². The molecule has 1 atom stereocenters. The van der Waals surface area contributed by atoms with Gasteiger partial charge < -0.3 is 19.7 Å². The van der Waals surface area contributed by atoms with Gasteiger partial charge in [-0.3, -0.25) is 0 Å². The van der Waals surface area contributed by atoms with Crippen molar-refractivity contribution in [1.82, 2.24) is 19.1 Å². The van der Waals surface area contributed by atoms with Crippen molar-refractivity contribution in [2.75, 3.05) is 30.1 Å². The first-order chi connectivity index (χ1) is 14.7. The Bertz CT molecular complexity index is 1130. The number of anilines is 2. The van der Waals surface area contributed by atoms with E-state index in [9.17, 15) is 0 Å². The lowest BCUT2D eigenvalue weighted by molar-refractivity contribution is 0.174. The number of benzene rings is 1. The van der Waals surface area contributed by atoms with Crippen molar-refractivity contribution in [3.05, 3.63) is 53.1 Å². The number of nitrogens with one attached hydrogen (secondary N) is 1. The Morgan fingerprint density at radius 3 is 2.97 bits per heavy atom. The molecule has 6 rings (SSSR count). The molecule has 0 radical (unpaired) electrons. The minimum absolute atomic E-state index is 0.220. The number of fused-ring (bicyclic) bond motifs is 2. The van der Waals surface area contributed by atoms with Crippen LogP contribution in [-0.2, 0) is 6.54 Å². The molecule has 1 N–H and O–H groups in total. The zero-order valence-corrected chi connectivity index (χ0v) is 17.5. The highest BCUT2D eigenvalue weighted by Crippen LogP contribution is 2.39. The van der Waals surface area contributed by atoms with Crippen molar-refractivity contribution in [1.29, 1.82) is 0 Å². The smallest absolute Gasteiger partial charge is 0.246 e. The number of ether oxygens (including phenoxy) is 2. The molecule has 1 unspecified atom stereocenters. The van der Waals surface area contributed by atoms with E-state index < -0.39 is 0 Å². The summed E-state index contributed by atoms with van der Waals surface area (Å²) in [6.45, 7) is 5.06. The van der Waals surface area contributed by atoms with Crippen LogP contribution in [0.25, 0.3) is 0 Å². The predicted molar refractivity (Wildman–Crippen MR) is 114 cm³/mol. The van der Waals surface area contributed by atoms with E-state index in [0.717, 1.165) is 55.5 Å². The Labute approximate surface area is 178 Å². The van der Waals surface area contributed by atoms with Crippen LogP contribution in [0.3, 0.4) is 0 Å². The predicted octanol–water partition coefficient (Wildman–Crippen LogP) is 3.51. The SMILES string of the molecule is Cc1cc(N2CC(=CNc3nc4n(n3)CCCC4c3ccc4c(c3)OCO4)C2)sn1. The molecule has 1 fully saturated rings. The minimum Gasteiger partial charge on any atom is -0.454 e. The summed E-state index contributed by atoms with van der Waals surface area (Å²) in [5, 5.41) is 9.22.